The van der Waals surface area contributed by atoms with E-state index in [4.69, 9.17) is 14.2 Å². The van der Waals surface area contributed by atoms with Gasteiger partial charge < -0.3 is 44.2 Å². The predicted octanol–water partition coefficient (Wildman–Crippen LogP) is 14.9. The third-order valence-corrected chi connectivity index (χ3v) is 32.1. The van der Waals surface area contributed by atoms with Gasteiger partial charge in [-0.15, -0.1) is 0 Å². The number of hydrogen-bond donors (Lipinski definition) is 2. The van der Waals surface area contributed by atoms with Crippen LogP contribution in [0.15, 0.2) is 97.1 Å². The first kappa shape index (κ1) is 78.6. The molecule has 16 saturated carbocycles. The Bertz CT molecular complexity index is 3860. The van der Waals surface area contributed by atoms with Gasteiger partial charge >= 0.3 is 18.0 Å². The van der Waals surface area contributed by atoms with Crippen molar-refractivity contribution in [1.29, 1.82) is 0 Å². The number of amides is 5. The first-order chi connectivity index (χ1) is 53.5. The van der Waals surface area contributed by atoms with Crippen molar-refractivity contribution in [3.63, 3.8) is 0 Å². The van der Waals surface area contributed by atoms with Crippen LogP contribution in [0.4, 0.5) is 18.0 Å². The number of aryl methyl sites for hydroxylation is 1. The molecule has 0 spiro atoms. The lowest BCUT2D eigenvalue weighted by atomic mass is 9.43. The molecule has 4 aromatic rings. The fourth-order valence-electron chi connectivity index (χ4n) is 27.7. The van der Waals surface area contributed by atoms with Crippen molar-refractivity contribution in [3.8, 4) is 0 Å². The molecule has 20 fully saturated rings. The van der Waals surface area contributed by atoms with E-state index in [0.717, 1.165) is 96.1 Å². The Balaban J connectivity index is 0.000000113. The minimum atomic E-state index is -0.543. The summed E-state index contributed by atoms with van der Waals surface area (Å²) in [5, 5.41) is 12.2. The molecule has 4 aromatic carbocycles. The number of likely N-dealkylation sites (tertiary alicyclic amines) is 4. The van der Waals surface area contributed by atoms with Gasteiger partial charge in [0.1, 0.15) is 29.7 Å². The Hall–Kier alpha value is -7.28. The molecule has 4 saturated heterocycles. The molecule has 16 nitrogen and oxygen atoms in total. The number of β-amino-alcohol motifs (C(OH)–C–C–N with tert-alkyl or cyclic N) is 1. The van der Waals surface area contributed by atoms with E-state index >= 15 is 0 Å². The van der Waals surface area contributed by atoms with Crippen LogP contribution in [0.1, 0.15) is 196 Å². The van der Waals surface area contributed by atoms with Crippen molar-refractivity contribution in [2.75, 3.05) is 66.5 Å². The minimum absolute atomic E-state index is 0. The number of hydrogen-bond acceptors (Lipinski definition) is 11. The maximum Gasteiger partial charge on any atom is 0.407 e. The highest BCUT2D eigenvalue weighted by atomic mass is 19.1. The largest absolute Gasteiger partial charge is 0.469 e. The Morgan fingerprint density at radius 1 is 0.438 bits per heavy atom. The number of carbonyl (C=O) groups excluding carboxylic acids is 7. The zero-order valence-corrected chi connectivity index (χ0v) is 65.6. The maximum absolute atomic E-state index is 13.9. The molecule has 0 unspecified atom stereocenters. The Morgan fingerprint density at radius 3 is 1.18 bits per heavy atom. The molecule has 4 aliphatic heterocycles. The lowest BCUT2D eigenvalue weighted by Gasteiger charge is -2.62. The summed E-state index contributed by atoms with van der Waals surface area (Å²) in [5.74, 6) is 10.3. The van der Waals surface area contributed by atoms with E-state index < -0.39 is 11.5 Å². The molecule has 4 heterocycles. The molecular formula is C93H120F3N5O11. The zero-order valence-electron chi connectivity index (χ0n) is 65.6. The number of nitrogens with one attached hydrogen (secondary N) is 1. The van der Waals surface area contributed by atoms with Crippen LogP contribution in [0.2, 0.25) is 0 Å². The van der Waals surface area contributed by atoms with Gasteiger partial charge in [0.15, 0.2) is 0 Å². The molecule has 0 radical (unpaired) electrons. The number of carbonyl (C=O) groups is 7. The number of ether oxygens (including phenoxy) is 3. The second-order valence-corrected chi connectivity index (χ2v) is 38.3. The molecule has 112 heavy (non-hydrogen) atoms. The molecule has 16 bridgehead atoms. The van der Waals surface area contributed by atoms with Gasteiger partial charge in [0.05, 0.1) is 56.6 Å². The van der Waals surface area contributed by atoms with Crippen LogP contribution in [-0.2, 0) is 65.6 Å². The average molecular weight is 1540 g/mol. The topological polar surface area (TPSA) is 192 Å². The summed E-state index contributed by atoms with van der Waals surface area (Å²) in [6.45, 7) is 8.18. The van der Waals surface area contributed by atoms with Gasteiger partial charge in [0.25, 0.3) is 0 Å². The highest BCUT2D eigenvalue weighted by molar-refractivity contribution is 5.91. The first-order valence-corrected chi connectivity index (χ1v) is 42.8. The average Bonchev–Trinajstić information content (AvgIpc) is 0.265. The summed E-state index contributed by atoms with van der Waals surface area (Å²) in [6.07, 6.45) is 26.0. The van der Waals surface area contributed by atoms with Crippen molar-refractivity contribution in [1.82, 2.24) is 24.9 Å². The number of alkyl carbamates (subject to hydrolysis) is 1. The Morgan fingerprint density at radius 2 is 0.795 bits per heavy atom. The summed E-state index contributed by atoms with van der Waals surface area (Å²) in [4.78, 5) is 96.1. The number of halogens is 3. The quantitative estimate of drug-likeness (QED) is 0.0801. The van der Waals surface area contributed by atoms with Gasteiger partial charge in [-0.2, -0.15) is 0 Å². The van der Waals surface area contributed by atoms with Gasteiger partial charge in [-0.1, -0.05) is 80.6 Å². The predicted molar refractivity (Wildman–Crippen MR) is 418 cm³/mol. The highest BCUT2D eigenvalue weighted by Gasteiger charge is 2.66. The fourth-order valence-corrected chi connectivity index (χ4v) is 27.7. The van der Waals surface area contributed by atoms with Crippen LogP contribution in [0.5, 0.6) is 0 Å². The third kappa shape index (κ3) is 14.4. The van der Waals surface area contributed by atoms with Crippen LogP contribution >= 0.6 is 0 Å². The van der Waals surface area contributed by atoms with Crippen molar-refractivity contribution in [2.24, 2.45) is 106 Å². The van der Waals surface area contributed by atoms with Crippen LogP contribution < -0.4 is 5.32 Å². The molecule has 0 aromatic heterocycles. The van der Waals surface area contributed by atoms with Crippen molar-refractivity contribution < 1.29 is 66.1 Å². The SMILES string of the molecule is C.CCC(=O)OC1CN(C(=O)CC2(c3ccc(F)cc3)C3CC4CC(C3)CC2C4)C1.CNC(=O)OC1CN(C(=O)C2(c3ccc(F)cc3)C3CC4CC(C3)CC2C4)C1.COC(=O)CC1CN(C(=O)CC2(c3ccc(F)cc3)C3CC4CC(C3)CC2C4)C1.Cc1ccc(CC2(C(=O)N3CC(O)C3)C3CC4CC(C3)CC2C4)cc1. The lowest BCUT2D eigenvalue weighted by Crippen LogP contribution is -2.67. The monoisotopic (exact) mass is 1540 g/mol. The second kappa shape index (κ2) is 31.4. The Kier molecular flexibility index (Phi) is 22.0. The van der Waals surface area contributed by atoms with E-state index in [2.05, 4.69) is 36.5 Å². The molecule has 19 heteroatoms. The highest BCUT2D eigenvalue weighted by Crippen LogP contribution is 2.69. The standard InChI is InChI=1S/2C24H30FNO3.C22H27FN2O3.C22H29NO2.CH4/c1-29-23(28)11-17-13-26(14-17)22(27)12-24(18-2-4-21(25)5-3-18)19-7-15-6-16(9-19)10-20(24)8-15;1-2-23(28)29-21-13-26(14-21)22(27)12-24(17-3-5-20(25)6-4-17)18-8-15-7-16(10-18)11-19(24)9-15;1-24-21(27)28-19-11-25(12-19)20(26)22(15-2-4-18(23)5-3-15)16-7-13-6-14(9-16)10-17(22)8-13;1-14-2-4-15(5-3-14)11-22(21(25)23-12-20(24)13-23)18-7-16-6-17(9-18)10-19(22)8-16;/h2-5,15-17,19-20H,6-14H2,1H3;3-6,15-16,18-19,21H,2,7-14H2,1H3;2-5,13-14,16-17,19H,6-12H2,1H3,(H,24,27);2-5,16-20,24H,6-13H2,1H3;1H4. The van der Waals surface area contributed by atoms with E-state index in [-0.39, 0.29) is 95.0 Å². The van der Waals surface area contributed by atoms with Crippen molar-refractivity contribution in [2.45, 2.75) is 216 Å². The molecule has 24 rings (SSSR count). The molecular weight excluding hydrogens is 1420 g/mol. The molecule has 16 aliphatic carbocycles. The second-order valence-electron chi connectivity index (χ2n) is 38.3. The number of benzene rings is 4. The summed E-state index contributed by atoms with van der Waals surface area (Å²) in [5.41, 5.74) is 4.82. The summed E-state index contributed by atoms with van der Waals surface area (Å²) >= 11 is 0. The zero-order chi connectivity index (χ0) is 77.0. The normalized spacial score (nSPS) is 36.2. The van der Waals surface area contributed by atoms with E-state index in [1.165, 1.54) is 140 Å². The number of aliphatic hydroxyl groups is 1. The third-order valence-electron chi connectivity index (χ3n) is 32.1. The van der Waals surface area contributed by atoms with Crippen LogP contribution in [0.25, 0.3) is 0 Å². The molecule has 604 valence electrons. The van der Waals surface area contributed by atoms with Crippen molar-refractivity contribution >= 4 is 41.7 Å². The first-order valence-electron chi connectivity index (χ1n) is 42.8. The van der Waals surface area contributed by atoms with E-state index in [1.807, 2.05) is 56.0 Å². The number of aliphatic hydroxyl groups excluding tert-OH is 1. The van der Waals surface area contributed by atoms with E-state index in [9.17, 15) is 51.8 Å². The van der Waals surface area contributed by atoms with Crippen LogP contribution in [0, 0.1) is 130 Å². The van der Waals surface area contributed by atoms with Crippen LogP contribution in [0.3, 0.4) is 0 Å². The number of rotatable bonds is 16. The van der Waals surface area contributed by atoms with E-state index in [1.54, 1.807) is 31.2 Å². The number of nitrogens with zero attached hydrogens (tertiary/aromatic N) is 4. The van der Waals surface area contributed by atoms with Crippen LogP contribution in [-0.4, -0.2) is 151 Å². The van der Waals surface area contributed by atoms with Gasteiger partial charge in [-0.3, -0.25) is 28.8 Å². The van der Waals surface area contributed by atoms with Gasteiger partial charge in [-0.05, 0) is 295 Å². The molecule has 20 aliphatic rings. The van der Waals surface area contributed by atoms with E-state index in [0.29, 0.717) is 131 Å². The molecule has 2 N–H and O–H groups in total. The smallest absolute Gasteiger partial charge is 0.407 e. The Labute approximate surface area is 660 Å². The molecule has 5 amide bonds. The van der Waals surface area contributed by atoms with Gasteiger partial charge in [-0.25, -0.2) is 18.0 Å². The van der Waals surface area contributed by atoms with Crippen molar-refractivity contribution in [3.05, 3.63) is 142 Å². The number of esters is 2. The molecule has 0 atom stereocenters. The fraction of sp³-hybridized carbons (Fsp3) is 0.667. The summed E-state index contributed by atoms with van der Waals surface area (Å²) < 4.78 is 56.3. The summed E-state index contributed by atoms with van der Waals surface area (Å²) in [6, 6.07) is 29.4. The maximum atomic E-state index is 13.9. The lowest BCUT2D eigenvalue weighted by molar-refractivity contribution is -0.179. The summed E-state index contributed by atoms with van der Waals surface area (Å²) in [7, 11) is 2.94. The number of methoxy groups -OCH3 is 1. The van der Waals surface area contributed by atoms with Gasteiger partial charge in [0, 0.05) is 69.2 Å². The minimum Gasteiger partial charge on any atom is -0.469 e. The van der Waals surface area contributed by atoms with Gasteiger partial charge in [0.2, 0.25) is 23.6 Å².